The third kappa shape index (κ3) is 1.66. The predicted octanol–water partition coefficient (Wildman–Crippen LogP) is 0.177. The van der Waals surface area contributed by atoms with Gasteiger partial charge in [-0.15, -0.1) is 6.04 Å². The first-order valence-electron chi connectivity index (χ1n) is 2.93. The van der Waals surface area contributed by atoms with E-state index >= 15 is 0 Å². The SMILES string of the molecule is C[N-]C1CCS(=O)(=O)C1. The molecule has 1 aliphatic heterocycles. The average molecular weight is 148 g/mol. The van der Waals surface area contributed by atoms with Crippen LogP contribution in [-0.2, 0) is 9.84 Å². The minimum atomic E-state index is -2.70. The van der Waals surface area contributed by atoms with Gasteiger partial charge >= 0.3 is 0 Å². The smallest absolute Gasteiger partial charge is 0.148 e. The largest absolute Gasteiger partial charge is 0.661 e. The molecule has 54 valence electrons. The summed E-state index contributed by atoms with van der Waals surface area (Å²) in [6.07, 6.45) is 0.721. The van der Waals surface area contributed by atoms with E-state index in [0.29, 0.717) is 5.75 Å². The van der Waals surface area contributed by atoms with Gasteiger partial charge in [0.2, 0.25) is 0 Å². The van der Waals surface area contributed by atoms with Crippen molar-refractivity contribution >= 4 is 9.84 Å². The Morgan fingerprint density at radius 2 is 2.22 bits per heavy atom. The Labute approximate surface area is 55.4 Å². The average Bonchev–Trinajstić information content (AvgIpc) is 2.10. The zero-order valence-electron chi connectivity index (χ0n) is 5.37. The Morgan fingerprint density at radius 1 is 1.56 bits per heavy atom. The van der Waals surface area contributed by atoms with Crippen LogP contribution < -0.4 is 0 Å². The highest BCUT2D eigenvalue weighted by atomic mass is 32.2. The van der Waals surface area contributed by atoms with Crippen LogP contribution in [-0.4, -0.2) is 33.0 Å². The molecule has 9 heavy (non-hydrogen) atoms. The zero-order valence-corrected chi connectivity index (χ0v) is 6.19. The second-order valence-corrected chi connectivity index (χ2v) is 4.54. The van der Waals surface area contributed by atoms with Gasteiger partial charge in [0.25, 0.3) is 0 Å². The fraction of sp³-hybridized carbons (Fsp3) is 1.00. The number of hydrogen-bond donors (Lipinski definition) is 0. The van der Waals surface area contributed by atoms with E-state index in [4.69, 9.17) is 0 Å². The Kier molecular flexibility index (Phi) is 1.77. The summed E-state index contributed by atoms with van der Waals surface area (Å²) < 4.78 is 21.5. The molecule has 1 fully saturated rings. The van der Waals surface area contributed by atoms with E-state index in [1.165, 1.54) is 0 Å². The third-order valence-corrected chi connectivity index (χ3v) is 3.32. The molecule has 0 N–H and O–H groups in total. The lowest BCUT2D eigenvalue weighted by Crippen LogP contribution is -2.07. The standard InChI is InChI=1S/C5H10NO2S/c1-6-5-2-3-9(7,8)4-5/h5H,2-4H2,1H3/q-1. The van der Waals surface area contributed by atoms with E-state index in [0.717, 1.165) is 6.42 Å². The number of hydrogen-bond acceptors (Lipinski definition) is 2. The van der Waals surface area contributed by atoms with Crippen LogP contribution in [0.2, 0.25) is 0 Å². The molecule has 1 unspecified atom stereocenters. The first kappa shape index (κ1) is 7.02. The van der Waals surface area contributed by atoms with Gasteiger partial charge in [-0.25, -0.2) is 8.42 Å². The quantitative estimate of drug-likeness (QED) is 0.532. The summed E-state index contributed by atoms with van der Waals surface area (Å²) in [6.45, 7) is 0. The fourth-order valence-electron chi connectivity index (χ4n) is 0.979. The van der Waals surface area contributed by atoms with E-state index in [2.05, 4.69) is 5.32 Å². The van der Waals surface area contributed by atoms with Gasteiger partial charge in [0.1, 0.15) is 9.84 Å². The molecule has 1 atom stereocenters. The lowest BCUT2D eigenvalue weighted by Gasteiger charge is -2.18. The maximum Gasteiger partial charge on any atom is 0.148 e. The van der Waals surface area contributed by atoms with Gasteiger partial charge in [-0.05, 0) is 0 Å². The van der Waals surface area contributed by atoms with Crippen LogP contribution in [0.5, 0.6) is 0 Å². The first-order valence-corrected chi connectivity index (χ1v) is 4.75. The highest BCUT2D eigenvalue weighted by molar-refractivity contribution is 7.91. The van der Waals surface area contributed by atoms with Crippen LogP contribution in [0, 0.1) is 0 Å². The molecule has 1 heterocycles. The van der Waals surface area contributed by atoms with Crippen molar-refractivity contribution in [2.75, 3.05) is 18.6 Å². The highest BCUT2D eigenvalue weighted by Crippen LogP contribution is 2.16. The Bertz CT molecular complexity index is 185. The summed E-state index contributed by atoms with van der Waals surface area (Å²) in [4.78, 5) is 0. The van der Waals surface area contributed by atoms with Crippen LogP contribution in [0.25, 0.3) is 5.32 Å². The molecule has 1 rings (SSSR count). The Balaban J connectivity index is 2.58. The molecular formula is C5H10NO2S-. The summed E-state index contributed by atoms with van der Waals surface area (Å²) in [5.74, 6) is 0.596. The van der Waals surface area contributed by atoms with Gasteiger partial charge < -0.3 is 5.32 Å². The van der Waals surface area contributed by atoms with Crippen molar-refractivity contribution in [1.82, 2.24) is 0 Å². The second kappa shape index (κ2) is 2.27. The summed E-state index contributed by atoms with van der Waals surface area (Å²) in [5.41, 5.74) is 0. The predicted molar refractivity (Wildman–Crippen MR) is 36.3 cm³/mol. The fourth-order valence-corrected chi connectivity index (χ4v) is 2.68. The van der Waals surface area contributed by atoms with Crippen LogP contribution in [0.1, 0.15) is 6.42 Å². The molecule has 0 aromatic carbocycles. The topological polar surface area (TPSA) is 48.2 Å². The molecule has 0 saturated carbocycles. The van der Waals surface area contributed by atoms with E-state index in [1.807, 2.05) is 0 Å². The maximum absolute atomic E-state index is 10.7. The van der Waals surface area contributed by atoms with Crippen LogP contribution in [0.15, 0.2) is 0 Å². The van der Waals surface area contributed by atoms with Crippen LogP contribution in [0.3, 0.4) is 0 Å². The molecule has 4 heteroatoms. The zero-order chi connectivity index (χ0) is 6.91. The van der Waals surface area contributed by atoms with Crippen LogP contribution >= 0.6 is 0 Å². The van der Waals surface area contributed by atoms with Crippen molar-refractivity contribution in [2.45, 2.75) is 12.5 Å². The van der Waals surface area contributed by atoms with Crippen LogP contribution in [0.4, 0.5) is 0 Å². The maximum atomic E-state index is 10.7. The Hall–Kier alpha value is -0.0900. The second-order valence-electron chi connectivity index (χ2n) is 2.32. The van der Waals surface area contributed by atoms with Gasteiger partial charge in [-0.3, -0.25) is 0 Å². The number of rotatable bonds is 1. The van der Waals surface area contributed by atoms with E-state index in [-0.39, 0.29) is 11.8 Å². The Morgan fingerprint density at radius 3 is 2.44 bits per heavy atom. The van der Waals surface area contributed by atoms with Gasteiger partial charge in [0, 0.05) is 11.5 Å². The van der Waals surface area contributed by atoms with Crippen molar-refractivity contribution < 1.29 is 8.42 Å². The first-order chi connectivity index (χ1) is 4.14. The molecule has 0 aromatic rings. The molecule has 0 aliphatic carbocycles. The lowest BCUT2D eigenvalue weighted by molar-refractivity contribution is 0.602. The lowest BCUT2D eigenvalue weighted by atomic mass is 10.3. The number of sulfone groups is 1. The van der Waals surface area contributed by atoms with E-state index in [9.17, 15) is 8.42 Å². The summed E-state index contributed by atoms with van der Waals surface area (Å²) >= 11 is 0. The highest BCUT2D eigenvalue weighted by Gasteiger charge is 2.20. The molecule has 1 aliphatic rings. The molecule has 0 bridgehead atoms. The summed E-state index contributed by atoms with van der Waals surface area (Å²) in [7, 11) is -1.03. The monoisotopic (exact) mass is 148 g/mol. The van der Waals surface area contributed by atoms with Crippen molar-refractivity contribution in [2.24, 2.45) is 0 Å². The normalized spacial score (nSPS) is 32.8. The van der Waals surface area contributed by atoms with E-state index < -0.39 is 9.84 Å². The molecule has 0 amide bonds. The van der Waals surface area contributed by atoms with Crippen molar-refractivity contribution in [3.63, 3.8) is 0 Å². The molecule has 0 radical (unpaired) electrons. The van der Waals surface area contributed by atoms with Gasteiger partial charge in [-0.2, -0.15) is 7.05 Å². The molecule has 0 spiro atoms. The van der Waals surface area contributed by atoms with Crippen molar-refractivity contribution in [3.8, 4) is 0 Å². The van der Waals surface area contributed by atoms with E-state index in [1.54, 1.807) is 7.05 Å². The minimum Gasteiger partial charge on any atom is -0.661 e. The summed E-state index contributed by atoms with van der Waals surface area (Å²) in [6, 6.07) is 0.0787. The van der Waals surface area contributed by atoms with Crippen molar-refractivity contribution in [1.29, 1.82) is 0 Å². The summed E-state index contributed by atoms with van der Waals surface area (Å²) in [5, 5.41) is 3.90. The number of nitrogens with zero attached hydrogens (tertiary/aromatic N) is 1. The molecule has 3 nitrogen and oxygen atoms in total. The molecule has 0 aromatic heterocycles. The van der Waals surface area contributed by atoms with Crippen molar-refractivity contribution in [3.05, 3.63) is 5.32 Å². The molecule has 1 saturated heterocycles. The van der Waals surface area contributed by atoms with Gasteiger partial charge in [-0.1, -0.05) is 6.42 Å². The van der Waals surface area contributed by atoms with Gasteiger partial charge in [0.15, 0.2) is 0 Å². The van der Waals surface area contributed by atoms with Gasteiger partial charge in [0.05, 0.1) is 0 Å². The molecular weight excluding hydrogens is 138 g/mol. The third-order valence-electron chi connectivity index (χ3n) is 1.57. The minimum absolute atomic E-state index is 0.0787.